The molecule has 26 heavy (non-hydrogen) atoms. The number of rotatable bonds is 11. The van der Waals surface area contributed by atoms with Crippen molar-refractivity contribution in [1.29, 1.82) is 0 Å². The van der Waals surface area contributed by atoms with E-state index in [9.17, 15) is 4.79 Å². The van der Waals surface area contributed by atoms with Gasteiger partial charge in [-0.3, -0.25) is 4.79 Å². The normalized spacial score (nSPS) is 14.3. The lowest BCUT2D eigenvalue weighted by Gasteiger charge is -2.27. The maximum absolute atomic E-state index is 11.6. The molecular formula is C20H33NO5. The number of methoxy groups -OCH3 is 1. The number of ether oxygens (including phenoxy) is 4. The van der Waals surface area contributed by atoms with Crippen molar-refractivity contribution >= 4 is 5.97 Å². The Morgan fingerprint density at radius 1 is 1.00 bits per heavy atom. The monoisotopic (exact) mass is 367 g/mol. The smallest absolute Gasteiger partial charge is 0.322 e. The van der Waals surface area contributed by atoms with Crippen LogP contribution in [0.5, 0.6) is 17.2 Å². The summed E-state index contributed by atoms with van der Waals surface area (Å²) >= 11 is 0. The van der Waals surface area contributed by atoms with Crippen LogP contribution in [0.3, 0.4) is 0 Å². The number of benzene rings is 1. The molecule has 0 saturated heterocycles. The molecule has 0 amide bonds. The first-order chi connectivity index (χ1) is 12.4. The molecule has 0 saturated carbocycles. The standard InChI is InChI=1S/C20H33NO5/c1-7-24-15-11-17(25-8-2)19(18(12-15)26-9-3)14(5)13(4)10-16(21)20(22)23-6/h11-14,16H,7-10,21H2,1-6H3. The largest absolute Gasteiger partial charge is 0.494 e. The van der Waals surface area contributed by atoms with Crippen LogP contribution in [0.2, 0.25) is 0 Å². The number of hydrogen-bond acceptors (Lipinski definition) is 6. The van der Waals surface area contributed by atoms with Crippen LogP contribution in [0.15, 0.2) is 12.1 Å². The van der Waals surface area contributed by atoms with Crippen LogP contribution in [0.25, 0.3) is 0 Å². The topological polar surface area (TPSA) is 80.0 Å². The first kappa shape index (κ1) is 22.1. The van der Waals surface area contributed by atoms with Crippen molar-refractivity contribution in [2.45, 2.75) is 53.0 Å². The van der Waals surface area contributed by atoms with Crippen molar-refractivity contribution in [1.82, 2.24) is 0 Å². The number of hydrogen-bond donors (Lipinski definition) is 1. The third kappa shape index (κ3) is 5.80. The number of nitrogens with two attached hydrogens (primary N) is 1. The van der Waals surface area contributed by atoms with E-state index < -0.39 is 12.0 Å². The first-order valence-electron chi connectivity index (χ1n) is 9.29. The molecule has 0 spiro atoms. The molecule has 0 aliphatic carbocycles. The van der Waals surface area contributed by atoms with Gasteiger partial charge in [0.05, 0.1) is 26.9 Å². The summed E-state index contributed by atoms with van der Waals surface area (Å²) in [5, 5.41) is 0. The zero-order chi connectivity index (χ0) is 19.7. The fourth-order valence-electron chi connectivity index (χ4n) is 2.96. The average Bonchev–Trinajstić information content (AvgIpc) is 2.61. The van der Waals surface area contributed by atoms with Crippen LogP contribution >= 0.6 is 0 Å². The van der Waals surface area contributed by atoms with Gasteiger partial charge in [-0.1, -0.05) is 13.8 Å². The highest BCUT2D eigenvalue weighted by atomic mass is 16.5. The molecule has 0 aliphatic heterocycles. The molecule has 1 aromatic carbocycles. The predicted octanol–water partition coefficient (Wildman–Crippen LogP) is 3.51. The average molecular weight is 367 g/mol. The maximum Gasteiger partial charge on any atom is 0.322 e. The Labute approximate surface area is 156 Å². The summed E-state index contributed by atoms with van der Waals surface area (Å²) in [6.07, 6.45) is 0.512. The third-order valence-electron chi connectivity index (χ3n) is 4.43. The lowest BCUT2D eigenvalue weighted by atomic mass is 9.83. The van der Waals surface area contributed by atoms with Crippen LogP contribution < -0.4 is 19.9 Å². The lowest BCUT2D eigenvalue weighted by molar-refractivity contribution is -0.142. The fraction of sp³-hybridized carbons (Fsp3) is 0.650. The minimum atomic E-state index is -0.647. The highest BCUT2D eigenvalue weighted by Gasteiger charge is 2.27. The predicted molar refractivity (Wildman–Crippen MR) is 102 cm³/mol. The Morgan fingerprint density at radius 3 is 1.92 bits per heavy atom. The number of carbonyl (C=O) groups excluding carboxylic acids is 1. The van der Waals surface area contributed by atoms with Gasteiger partial charge in [0.1, 0.15) is 23.3 Å². The van der Waals surface area contributed by atoms with Gasteiger partial charge >= 0.3 is 5.97 Å². The van der Waals surface area contributed by atoms with Crippen molar-refractivity contribution in [3.8, 4) is 17.2 Å². The van der Waals surface area contributed by atoms with Crippen molar-refractivity contribution in [2.75, 3.05) is 26.9 Å². The molecule has 0 fully saturated rings. The summed E-state index contributed by atoms with van der Waals surface area (Å²) in [5.74, 6) is 2.01. The second kappa shape index (κ2) is 10.9. The van der Waals surface area contributed by atoms with E-state index >= 15 is 0 Å². The zero-order valence-corrected chi connectivity index (χ0v) is 16.8. The molecular weight excluding hydrogens is 334 g/mol. The summed E-state index contributed by atoms with van der Waals surface area (Å²) in [7, 11) is 1.35. The quantitative estimate of drug-likeness (QED) is 0.603. The molecule has 0 radical (unpaired) electrons. The molecule has 6 nitrogen and oxygen atoms in total. The molecule has 0 bridgehead atoms. The summed E-state index contributed by atoms with van der Waals surface area (Å²) in [6.45, 7) is 11.6. The van der Waals surface area contributed by atoms with Crippen molar-refractivity contribution in [3.05, 3.63) is 17.7 Å². The molecule has 0 aromatic heterocycles. The molecule has 2 N–H and O–H groups in total. The molecule has 6 heteroatoms. The Bertz CT molecular complexity index is 548. The maximum atomic E-state index is 11.6. The van der Waals surface area contributed by atoms with E-state index in [-0.39, 0.29) is 11.8 Å². The SMILES string of the molecule is CCOc1cc(OCC)c(C(C)C(C)CC(N)C(=O)OC)c(OCC)c1. The zero-order valence-electron chi connectivity index (χ0n) is 16.8. The molecule has 148 valence electrons. The van der Waals surface area contributed by atoms with E-state index in [4.69, 9.17) is 24.7 Å². The van der Waals surface area contributed by atoms with Gasteiger partial charge < -0.3 is 24.7 Å². The minimum Gasteiger partial charge on any atom is -0.494 e. The van der Waals surface area contributed by atoms with Crippen LogP contribution in [0, 0.1) is 5.92 Å². The van der Waals surface area contributed by atoms with E-state index in [1.165, 1.54) is 7.11 Å². The van der Waals surface area contributed by atoms with Gasteiger partial charge in [-0.2, -0.15) is 0 Å². The Morgan fingerprint density at radius 2 is 1.50 bits per heavy atom. The Hall–Kier alpha value is -1.95. The van der Waals surface area contributed by atoms with Crippen molar-refractivity contribution in [3.63, 3.8) is 0 Å². The summed E-state index contributed by atoms with van der Waals surface area (Å²) in [4.78, 5) is 11.6. The van der Waals surface area contributed by atoms with Crippen molar-refractivity contribution < 1.29 is 23.7 Å². The van der Waals surface area contributed by atoms with Gasteiger partial charge in [0.15, 0.2) is 0 Å². The van der Waals surface area contributed by atoms with Crippen LogP contribution in [0.4, 0.5) is 0 Å². The second-order valence-electron chi connectivity index (χ2n) is 6.26. The van der Waals surface area contributed by atoms with Crippen LogP contribution in [-0.2, 0) is 9.53 Å². The van der Waals surface area contributed by atoms with Gasteiger partial charge in [-0.15, -0.1) is 0 Å². The molecule has 0 aliphatic rings. The Kier molecular flexibility index (Phi) is 9.27. The third-order valence-corrected chi connectivity index (χ3v) is 4.43. The molecule has 3 atom stereocenters. The van der Waals surface area contributed by atoms with Gasteiger partial charge in [0.2, 0.25) is 0 Å². The first-order valence-corrected chi connectivity index (χ1v) is 9.29. The van der Waals surface area contributed by atoms with Gasteiger partial charge in [-0.25, -0.2) is 0 Å². The molecule has 1 rings (SSSR count). The fourth-order valence-corrected chi connectivity index (χ4v) is 2.96. The lowest BCUT2D eigenvalue weighted by Crippen LogP contribution is -2.34. The van der Waals surface area contributed by atoms with E-state index in [0.29, 0.717) is 32.0 Å². The number of carbonyl (C=O) groups is 1. The Balaban J connectivity index is 3.22. The minimum absolute atomic E-state index is 0.0736. The highest BCUT2D eigenvalue weighted by Crippen LogP contribution is 2.43. The second-order valence-corrected chi connectivity index (χ2v) is 6.26. The molecule has 1 aromatic rings. The van der Waals surface area contributed by atoms with Gasteiger partial charge in [0, 0.05) is 17.7 Å². The van der Waals surface area contributed by atoms with E-state index in [0.717, 1.165) is 17.1 Å². The highest BCUT2D eigenvalue weighted by molar-refractivity contribution is 5.75. The van der Waals surface area contributed by atoms with Gasteiger partial charge in [0.25, 0.3) is 0 Å². The summed E-state index contributed by atoms with van der Waals surface area (Å²) in [5.41, 5.74) is 6.92. The van der Waals surface area contributed by atoms with E-state index in [2.05, 4.69) is 13.8 Å². The summed E-state index contributed by atoms with van der Waals surface area (Å²) in [6, 6.07) is 3.15. The van der Waals surface area contributed by atoms with Crippen LogP contribution in [0.1, 0.15) is 52.5 Å². The number of esters is 1. The van der Waals surface area contributed by atoms with Crippen molar-refractivity contribution in [2.24, 2.45) is 11.7 Å². The van der Waals surface area contributed by atoms with E-state index in [1.807, 2.05) is 32.9 Å². The van der Waals surface area contributed by atoms with Gasteiger partial charge in [-0.05, 0) is 39.0 Å². The van der Waals surface area contributed by atoms with Crippen LogP contribution in [-0.4, -0.2) is 38.9 Å². The van der Waals surface area contributed by atoms with E-state index in [1.54, 1.807) is 0 Å². The molecule has 0 heterocycles. The summed E-state index contributed by atoms with van der Waals surface area (Å²) < 4.78 is 22.1. The molecule has 3 unspecified atom stereocenters.